The van der Waals surface area contributed by atoms with Crippen LogP contribution < -0.4 is 11.1 Å². The van der Waals surface area contributed by atoms with Crippen LogP contribution >= 0.6 is 24.1 Å². The van der Waals surface area contributed by atoms with Crippen molar-refractivity contribution in [3.8, 4) is 44.5 Å². The van der Waals surface area contributed by atoms with E-state index < -0.39 is 0 Å². The lowest BCUT2D eigenvalue weighted by molar-refractivity contribution is -0.160. The van der Waals surface area contributed by atoms with Gasteiger partial charge in [0.05, 0.1) is 61.8 Å². The van der Waals surface area contributed by atoms with Gasteiger partial charge in [0.1, 0.15) is 11.6 Å². The van der Waals surface area contributed by atoms with E-state index in [1.165, 1.54) is 43.2 Å². The third kappa shape index (κ3) is 8.94. The van der Waals surface area contributed by atoms with Crippen LogP contribution in [0, 0.1) is 11.6 Å². The molecule has 0 bridgehead atoms. The van der Waals surface area contributed by atoms with Crippen molar-refractivity contribution in [1.29, 1.82) is 0 Å². The van der Waals surface area contributed by atoms with Crippen LogP contribution in [0.25, 0.3) is 44.5 Å². The summed E-state index contributed by atoms with van der Waals surface area (Å²) in [7, 11) is 4.45. The Hall–Kier alpha value is -4.96. The quantitative estimate of drug-likeness (QED) is 0.0866. The third-order valence-electron chi connectivity index (χ3n) is 6.99. The van der Waals surface area contributed by atoms with Crippen LogP contribution in [0.4, 0.5) is 8.78 Å². The highest BCUT2D eigenvalue weighted by molar-refractivity contribution is 7.94. The first kappa shape index (κ1) is 35.3. The molecule has 10 nitrogen and oxygen atoms in total. The Labute approximate surface area is 287 Å². The first-order chi connectivity index (χ1) is 23.8. The summed E-state index contributed by atoms with van der Waals surface area (Å²) < 4.78 is 37.3. The van der Waals surface area contributed by atoms with Crippen LogP contribution in [-0.4, -0.2) is 34.2 Å². The first-order valence-corrected chi connectivity index (χ1v) is 15.9. The van der Waals surface area contributed by atoms with Gasteiger partial charge < -0.3 is 0 Å². The number of rotatable bonds is 10. The lowest BCUT2D eigenvalue weighted by Crippen LogP contribution is -2.21. The smallest absolute Gasteiger partial charge is 0.267 e. The molecule has 0 radical (unpaired) electrons. The van der Waals surface area contributed by atoms with E-state index in [2.05, 4.69) is 25.1 Å². The molecule has 1 N–H and O–H groups in total. The molecule has 6 rings (SSSR count). The lowest BCUT2D eigenvalue weighted by atomic mass is 9.97. The predicted molar refractivity (Wildman–Crippen MR) is 184 cm³/mol. The number of aryl methyl sites for hydroxylation is 1. The fraction of sp³-hybridized carbons (Fsp3) is 0.0857. The molecule has 0 atom stereocenters. The molecule has 0 saturated heterocycles. The second-order valence-corrected chi connectivity index (χ2v) is 11.6. The Morgan fingerprint density at radius 3 is 1.51 bits per heavy atom. The molecule has 0 aliphatic heterocycles. The van der Waals surface area contributed by atoms with Gasteiger partial charge in [-0.05, 0) is 70.8 Å². The molecule has 0 fully saturated rings. The maximum absolute atomic E-state index is 13.2. The highest BCUT2D eigenvalue weighted by Crippen LogP contribution is 2.32. The van der Waals surface area contributed by atoms with Crippen LogP contribution in [0.5, 0.6) is 0 Å². The highest BCUT2D eigenvalue weighted by Gasteiger charge is 2.15. The van der Waals surface area contributed by atoms with Crippen molar-refractivity contribution in [3.05, 3.63) is 142 Å². The number of halogens is 2. The van der Waals surface area contributed by atoms with Crippen molar-refractivity contribution in [2.24, 2.45) is 7.05 Å². The Morgan fingerprint density at radius 2 is 1.04 bits per heavy atom. The van der Waals surface area contributed by atoms with Crippen LogP contribution in [0.15, 0.2) is 129 Å². The SMILES string of the molecule is COOSc1ccc(-c2cn[nH]c(=O)c2-c2ccc(F)cc2)cc1.COOSc1ccc(-c2cnn(C)c(=O)c2-c2ccc(F)cc2)cc1. The van der Waals surface area contributed by atoms with Crippen LogP contribution in [0.1, 0.15) is 0 Å². The molecule has 49 heavy (non-hydrogen) atoms. The number of aromatic nitrogens is 4. The molecule has 0 saturated carbocycles. The minimum Gasteiger partial charge on any atom is -0.267 e. The average Bonchev–Trinajstić information content (AvgIpc) is 3.12. The van der Waals surface area contributed by atoms with E-state index in [0.717, 1.165) is 45.0 Å². The molecule has 0 aliphatic rings. The van der Waals surface area contributed by atoms with E-state index in [4.69, 9.17) is 8.67 Å². The van der Waals surface area contributed by atoms with E-state index in [9.17, 15) is 18.4 Å². The van der Waals surface area contributed by atoms with E-state index in [0.29, 0.717) is 33.4 Å². The maximum Gasteiger partial charge on any atom is 0.274 e. The first-order valence-electron chi connectivity index (χ1n) is 14.4. The second-order valence-electron chi connectivity index (χ2n) is 10.0. The minimum absolute atomic E-state index is 0.245. The van der Waals surface area contributed by atoms with Crippen LogP contribution in [0.3, 0.4) is 0 Å². The van der Waals surface area contributed by atoms with Gasteiger partial charge in [0.2, 0.25) is 0 Å². The topological polar surface area (TPSA) is 118 Å². The summed E-state index contributed by atoms with van der Waals surface area (Å²) in [6.07, 6.45) is 3.21. The number of benzene rings is 4. The molecular formula is C35H28F2N4O6S2. The Morgan fingerprint density at radius 1 is 0.612 bits per heavy atom. The summed E-state index contributed by atoms with van der Waals surface area (Å²) in [6.45, 7) is 0. The largest absolute Gasteiger partial charge is 0.274 e. The summed E-state index contributed by atoms with van der Waals surface area (Å²) in [5.41, 5.74) is 4.58. The third-order valence-corrected chi connectivity index (χ3v) is 8.32. The minimum atomic E-state index is -0.356. The number of hydrogen-bond donors (Lipinski definition) is 1. The summed E-state index contributed by atoms with van der Waals surface area (Å²) >= 11 is 2.17. The molecule has 14 heteroatoms. The summed E-state index contributed by atoms with van der Waals surface area (Å²) in [5.74, 6) is -0.707. The Balaban J connectivity index is 0.000000191. The molecule has 6 aromatic rings. The van der Waals surface area contributed by atoms with E-state index >= 15 is 0 Å². The van der Waals surface area contributed by atoms with Crippen molar-refractivity contribution in [2.75, 3.05) is 14.2 Å². The van der Waals surface area contributed by atoms with Crippen molar-refractivity contribution >= 4 is 24.1 Å². The molecular weight excluding hydrogens is 675 g/mol. The highest BCUT2D eigenvalue weighted by atomic mass is 32.2. The van der Waals surface area contributed by atoms with Gasteiger partial charge in [-0.25, -0.2) is 28.3 Å². The normalized spacial score (nSPS) is 10.8. The van der Waals surface area contributed by atoms with E-state index in [1.807, 2.05) is 48.5 Å². The van der Waals surface area contributed by atoms with E-state index in [1.54, 1.807) is 43.7 Å². The zero-order valence-electron chi connectivity index (χ0n) is 26.3. The van der Waals surface area contributed by atoms with Crippen molar-refractivity contribution in [3.63, 3.8) is 0 Å². The fourth-order valence-electron chi connectivity index (χ4n) is 4.70. The zero-order chi connectivity index (χ0) is 34.8. The molecule has 0 spiro atoms. The Bertz CT molecular complexity index is 2110. The van der Waals surface area contributed by atoms with Crippen molar-refractivity contribution in [2.45, 2.75) is 9.79 Å². The number of nitrogens with one attached hydrogen (secondary N) is 1. The number of H-pyrrole nitrogens is 1. The summed E-state index contributed by atoms with van der Waals surface area (Å²) in [4.78, 5) is 35.7. The number of nitrogens with zero attached hydrogens (tertiary/aromatic N) is 3. The van der Waals surface area contributed by atoms with Gasteiger partial charge in [-0.3, -0.25) is 9.59 Å². The summed E-state index contributed by atoms with van der Waals surface area (Å²) in [5, 5.41) is 10.4. The summed E-state index contributed by atoms with van der Waals surface area (Å²) in [6, 6.07) is 26.5. The molecule has 2 aromatic heterocycles. The zero-order valence-corrected chi connectivity index (χ0v) is 27.9. The standard InChI is InChI=1S/C18H15FN2O3S.C17H13FN2O3S/c1-21-18(22)17(13-3-7-14(19)8-4-13)16(11-20-21)12-5-9-15(10-6-12)25-24-23-2;1-22-23-24-14-8-4-11(5-9-14)15-10-19-20-17(21)16(15)12-2-6-13(18)7-3-12/h3-11H,1-2H3;2-10H,1H3,(H,20,21). The van der Waals surface area contributed by atoms with Gasteiger partial charge in [-0.1, -0.05) is 48.5 Å². The van der Waals surface area contributed by atoms with Crippen molar-refractivity contribution < 1.29 is 27.2 Å². The molecule has 250 valence electrons. The molecule has 4 aromatic carbocycles. The van der Waals surface area contributed by atoms with Gasteiger partial charge in [0.25, 0.3) is 11.1 Å². The Kier molecular flexibility index (Phi) is 12.2. The van der Waals surface area contributed by atoms with Gasteiger partial charge in [0.15, 0.2) is 0 Å². The van der Waals surface area contributed by atoms with Crippen LogP contribution in [-0.2, 0) is 25.5 Å². The second kappa shape index (κ2) is 16.9. The molecule has 0 amide bonds. The number of hydrogen-bond acceptors (Lipinski definition) is 10. The maximum atomic E-state index is 13.2. The average molecular weight is 703 g/mol. The molecule has 2 heterocycles. The van der Waals surface area contributed by atoms with E-state index in [-0.39, 0.29) is 22.8 Å². The van der Waals surface area contributed by atoms with Crippen LogP contribution in [0.2, 0.25) is 0 Å². The van der Waals surface area contributed by atoms with Gasteiger partial charge >= 0.3 is 0 Å². The number of aromatic amines is 1. The predicted octanol–water partition coefficient (Wildman–Crippen LogP) is 7.67. The van der Waals surface area contributed by atoms with Gasteiger partial charge in [-0.15, -0.1) is 0 Å². The van der Waals surface area contributed by atoms with Gasteiger partial charge in [-0.2, -0.15) is 18.9 Å². The van der Waals surface area contributed by atoms with Crippen molar-refractivity contribution in [1.82, 2.24) is 20.0 Å². The fourth-order valence-corrected chi connectivity index (χ4v) is 5.49. The monoisotopic (exact) mass is 702 g/mol. The van der Waals surface area contributed by atoms with Gasteiger partial charge in [0, 0.05) is 28.0 Å². The molecule has 0 aliphatic carbocycles. The molecule has 0 unspecified atom stereocenters. The lowest BCUT2D eigenvalue weighted by Gasteiger charge is -2.11.